The van der Waals surface area contributed by atoms with Gasteiger partial charge in [0.15, 0.2) is 0 Å². The zero-order valence-electron chi connectivity index (χ0n) is 17.5. The van der Waals surface area contributed by atoms with E-state index in [4.69, 9.17) is 0 Å². The molecule has 2 heterocycles. The highest BCUT2D eigenvalue weighted by molar-refractivity contribution is 5.38. The molecule has 1 atom stereocenters. The summed E-state index contributed by atoms with van der Waals surface area (Å²) in [6.45, 7) is 5.04. The van der Waals surface area contributed by atoms with E-state index in [9.17, 15) is 4.79 Å². The van der Waals surface area contributed by atoms with Crippen LogP contribution in [0.2, 0.25) is 0 Å². The molecule has 152 valence electrons. The summed E-state index contributed by atoms with van der Waals surface area (Å²) in [5.74, 6) is 1.18. The Labute approximate surface area is 173 Å². The molecule has 29 heavy (non-hydrogen) atoms. The normalized spacial score (nSPS) is 16.4. The van der Waals surface area contributed by atoms with Gasteiger partial charge in [0, 0.05) is 24.8 Å². The molecule has 0 unspecified atom stereocenters. The second kappa shape index (κ2) is 8.91. The van der Waals surface area contributed by atoms with Crippen molar-refractivity contribution in [3.8, 4) is 0 Å². The first kappa shape index (κ1) is 19.8. The molecule has 0 aliphatic heterocycles. The minimum Gasteiger partial charge on any atom is -0.304 e. The number of nitrogens with zero attached hydrogens (tertiary/aromatic N) is 2. The summed E-state index contributed by atoms with van der Waals surface area (Å²) < 4.78 is 1.58. The van der Waals surface area contributed by atoms with Crippen molar-refractivity contribution in [1.82, 2.24) is 14.7 Å². The van der Waals surface area contributed by atoms with Crippen LogP contribution in [0, 0.1) is 5.92 Å². The summed E-state index contributed by atoms with van der Waals surface area (Å²) >= 11 is 0. The van der Waals surface area contributed by atoms with Crippen molar-refractivity contribution in [2.45, 2.75) is 64.5 Å². The lowest BCUT2D eigenvalue weighted by Crippen LogP contribution is -2.27. The largest absolute Gasteiger partial charge is 0.304 e. The van der Waals surface area contributed by atoms with Crippen molar-refractivity contribution in [3.63, 3.8) is 0 Å². The monoisotopic (exact) mass is 389 g/mol. The Morgan fingerprint density at radius 3 is 2.55 bits per heavy atom. The van der Waals surface area contributed by atoms with E-state index in [0.717, 1.165) is 11.6 Å². The van der Waals surface area contributed by atoms with E-state index in [1.54, 1.807) is 16.7 Å². The lowest BCUT2D eigenvalue weighted by atomic mass is 9.83. The van der Waals surface area contributed by atoms with E-state index in [-0.39, 0.29) is 11.6 Å². The third-order valence-electron chi connectivity index (χ3n) is 6.17. The smallest absolute Gasteiger partial charge is 0.258 e. The first-order valence-electron chi connectivity index (χ1n) is 10.9. The number of pyridine rings is 1. The van der Waals surface area contributed by atoms with Crippen LogP contribution < -0.4 is 10.9 Å². The summed E-state index contributed by atoms with van der Waals surface area (Å²) in [5.41, 5.74) is 4.22. The highest BCUT2D eigenvalue weighted by Crippen LogP contribution is 2.33. The molecule has 1 aliphatic rings. The maximum atomic E-state index is 12.3. The van der Waals surface area contributed by atoms with Crippen LogP contribution in [0.5, 0.6) is 0 Å². The van der Waals surface area contributed by atoms with E-state index in [1.807, 2.05) is 18.2 Å². The van der Waals surface area contributed by atoms with Gasteiger partial charge in [-0.3, -0.25) is 9.20 Å². The Bertz CT molecular complexity index is 1000. The number of rotatable bonds is 6. The number of hydrogen-bond acceptors (Lipinski definition) is 3. The van der Waals surface area contributed by atoms with Gasteiger partial charge in [-0.15, -0.1) is 0 Å². The molecule has 3 aromatic rings. The van der Waals surface area contributed by atoms with Crippen molar-refractivity contribution in [3.05, 3.63) is 81.9 Å². The van der Waals surface area contributed by atoms with Gasteiger partial charge < -0.3 is 5.32 Å². The van der Waals surface area contributed by atoms with Gasteiger partial charge >= 0.3 is 0 Å². The van der Waals surface area contributed by atoms with Gasteiger partial charge in [-0.1, -0.05) is 63.4 Å². The molecule has 4 heteroatoms. The number of hydrogen-bond donors (Lipinski definition) is 1. The van der Waals surface area contributed by atoms with E-state index >= 15 is 0 Å². The molecule has 4 rings (SSSR count). The zero-order chi connectivity index (χ0) is 20.2. The van der Waals surface area contributed by atoms with Crippen molar-refractivity contribution in [2.75, 3.05) is 0 Å². The Balaban J connectivity index is 1.49. The molecule has 4 nitrogen and oxygen atoms in total. The van der Waals surface area contributed by atoms with Crippen LogP contribution in [0.25, 0.3) is 5.65 Å². The Morgan fingerprint density at radius 2 is 1.83 bits per heavy atom. The molecular weight excluding hydrogens is 358 g/mol. The molecule has 1 aromatic carbocycles. The first-order chi connectivity index (χ1) is 14.1. The predicted molar refractivity (Wildman–Crippen MR) is 118 cm³/mol. The first-order valence-corrected chi connectivity index (χ1v) is 10.9. The van der Waals surface area contributed by atoms with E-state index < -0.39 is 0 Å². The summed E-state index contributed by atoms with van der Waals surface area (Å²) in [4.78, 5) is 17.0. The summed E-state index contributed by atoms with van der Waals surface area (Å²) in [7, 11) is 0. The number of nitrogens with one attached hydrogen (secondary N) is 1. The fraction of sp³-hybridized carbons (Fsp3) is 0.440. The fourth-order valence-electron chi connectivity index (χ4n) is 4.56. The van der Waals surface area contributed by atoms with Crippen LogP contribution in [-0.2, 0) is 6.54 Å². The van der Waals surface area contributed by atoms with Crippen LogP contribution in [0.3, 0.4) is 0 Å². The molecule has 1 fully saturated rings. The molecule has 2 aromatic heterocycles. The quantitative estimate of drug-likeness (QED) is 0.628. The highest BCUT2D eigenvalue weighted by Gasteiger charge is 2.18. The average Bonchev–Trinajstić information content (AvgIpc) is 2.75. The Morgan fingerprint density at radius 1 is 1.07 bits per heavy atom. The molecule has 0 spiro atoms. The Kier molecular flexibility index (Phi) is 6.10. The van der Waals surface area contributed by atoms with Crippen molar-refractivity contribution in [2.24, 2.45) is 5.92 Å². The van der Waals surface area contributed by atoms with Crippen molar-refractivity contribution >= 4 is 5.65 Å². The van der Waals surface area contributed by atoms with Gasteiger partial charge in [-0.25, -0.2) is 4.98 Å². The van der Waals surface area contributed by atoms with E-state index in [2.05, 4.69) is 48.4 Å². The molecule has 1 N–H and O–H groups in total. The van der Waals surface area contributed by atoms with Crippen molar-refractivity contribution in [1.29, 1.82) is 0 Å². The van der Waals surface area contributed by atoms with Crippen LogP contribution >= 0.6 is 0 Å². The van der Waals surface area contributed by atoms with Crippen LogP contribution in [0.4, 0.5) is 0 Å². The lowest BCUT2D eigenvalue weighted by molar-refractivity contribution is 0.407. The van der Waals surface area contributed by atoms with Crippen LogP contribution in [-0.4, -0.2) is 9.38 Å². The SMILES string of the molecule is CC(C)[C@@H](NCc1cc(=O)n2ccccc2n1)c1ccc(C2CCCCC2)cc1. The Hall–Kier alpha value is -2.46. The molecule has 1 saturated carbocycles. The standard InChI is InChI=1S/C25H31N3O/c1-18(2)25(21-13-11-20(12-14-21)19-8-4-3-5-9-19)26-17-22-16-24(29)28-15-7-6-10-23(28)27-22/h6-7,10-16,18-19,25-26H,3-5,8-9,17H2,1-2H3/t25-/m1/s1. The van der Waals surface area contributed by atoms with Gasteiger partial charge in [0.1, 0.15) is 5.65 Å². The van der Waals surface area contributed by atoms with Gasteiger partial charge in [0.2, 0.25) is 0 Å². The van der Waals surface area contributed by atoms with Crippen molar-refractivity contribution < 1.29 is 0 Å². The zero-order valence-corrected chi connectivity index (χ0v) is 17.5. The number of fused-ring (bicyclic) bond motifs is 1. The topological polar surface area (TPSA) is 46.4 Å². The fourth-order valence-corrected chi connectivity index (χ4v) is 4.56. The molecule has 0 amide bonds. The van der Waals surface area contributed by atoms with E-state index in [0.29, 0.717) is 18.1 Å². The third-order valence-corrected chi connectivity index (χ3v) is 6.17. The lowest BCUT2D eigenvalue weighted by Gasteiger charge is -2.25. The second-order valence-corrected chi connectivity index (χ2v) is 8.62. The minimum atomic E-state index is -0.0367. The minimum absolute atomic E-state index is 0.0367. The summed E-state index contributed by atoms with van der Waals surface area (Å²) in [6.07, 6.45) is 8.53. The van der Waals surface area contributed by atoms with E-state index in [1.165, 1.54) is 43.2 Å². The van der Waals surface area contributed by atoms with Gasteiger partial charge in [0.05, 0.1) is 5.69 Å². The molecule has 1 aliphatic carbocycles. The summed E-state index contributed by atoms with van der Waals surface area (Å²) in [5, 5.41) is 3.63. The van der Waals surface area contributed by atoms with Gasteiger partial charge in [-0.2, -0.15) is 0 Å². The summed E-state index contributed by atoms with van der Waals surface area (Å²) in [6, 6.07) is 16.7. The maximum absolute atomic E-state index is 12.3. The highest BCUT2D eigenvalue weighted by atomic mass is 16.1. The molecular formula is C25H31N3O. The number of aromatic nitrogens is 2. The van der Waals surface area contributed by atoms with Gasteiger partial charge in [0.25, 0.3) is 5.56 Å². The van der Waals surface area contributed by atoms with Gasteiger partial charge in [-0.05, 0) is 47.9 Å². The second-order valence-electron chi connectivity index (χ2n) is 8.62. The predicted octanol–water partition coefficient (Wildman–Crippen LogP) is 5.23. The maximum Gasteiger partial charge on any atom is 0.258 e. The molecule has 0 radical (unpaired) electrons. The van der Waals surface area contributed by atoms with Crippen LogP contribution in [0.15, 0.2) is 59.5 Å². The molecule has 0 saturated heterocycles. The molecule has 0 bridgehead atoms. The third kappa shape index (κ3) is 4.59. The average molecular weight is 390 g/mol. The van der Waals surface area contributed by atoms with Crippen LogP contribution in [0.1, 0.15) is 74.7 Å². The number of benzene rings is 1.